The lowest BCUT2D eigenvalue weighted by atomic mass is 10.2. The average molecular weight is 481 g/mol. The first kappa shape index (κ1) is 24.4. The maximum Gasteiger partial charge on any atom is 0.280 e. The van der Waals surface area contributed by atoms with Crippen molar-refractivity contribution < 1.29 is 4.79 Å². The number of aromatic nitrogens is 2. The fourth-order valence-electron chi connectivity index (χ4n) is 2.98. The first-order chi connectivity index (χ1) is 16.3. The van der Waals surface area contributed by atoms with Crippen molar-refractivity contribution in [3.63, 3.8) is 0 Å². The summed E-state index contributed by atoms with van der Waals surface area (Å²) < 4.78 is 0. The zero-order valence-electron chi connectivity index (χ0n) is 18.7. The van der Waals surface area contributed by atoms with E-state index in [4.69, 9.17) is 28.8 Å². The van der Waals surface area contributed by atoms with Gasteiger partial charge in [0.2, 0.25) is 5.96 Å². The first-order valence-corrected chi connectivity index (χ1v) is 10.8. The van der Waals surface area contributed by atoms with E-state index in [1.807, 2.05) is 24.3 Å². The van der Waals surface area contributed by atoms with Gasteiger partial charge in [-0.2, -0.15) is 10.2 Å². The van der Waals surface area contributed by atoms with Crippen LogP contribution in [0.4, 0.5) is 34.4 Å². The Morgan fingerprint density at radius 2 is 1.44 bits per heavy atom. The van der Waals surface area contributed by atoms with Crippen LogP contribution in [0.3, 0.4) is 0 Å². The second-order valence-corrected chi connectivity index (χ2v) is 7.35. The summed E-state index contributed by atoms with van der Waals surface area (Å²) in [6, 6.07) is 14.7. The molecule has 11 nitrogen and oxygen atoms in total. The molecular weight excluding hydrogens is 456 g/mol. The number of nitrogens with zero attached hydrogens (tertiary/aromatic N) is 6. The number of guanidine groups is 1. The summed E-state index contributed by atoms with van der Waals surface area (Å²) in [4.78, 5) is 26.3. The van der Waals surface area contributed by atoms with Crippen molar-refractivity contribution >= 4 is 57.9 Å². The van der Waals surface area contributed by atoms with E-state index in [2.05, 4.69) is 49.3 Å². The SMILES string of the molecule is CCN(CC)c1ccc(N=Nc2ccc(N=C(N)NC(=O)c3nc(Cl)c(N)nc3N)cc2)cc1. The van der Waals surface area contributed by atoms with E-state index in [-0.39, 0.29) is 28.4 Å². The molecular formula is C22H25ClN10O. The van der Waals surface area contributed by atoms with E-state index in [0.717, 1.165) is 24.5 Å². The predicted octanol–water partition coefficient (Wildman–Crippen LogP) is 3.93. The van der Waals surface area contributed by atoms with Gasteiger partial charge in [-0.15, -0.1) is 0 Å². The van der Waals surface area contributed by atoms with Crippen molar-refractivity contribution in [2.75, 3.05) is 29.5 Å². The highest BCUT2D eigenvalue weighted by Crippen LogP contribution is 2.24. The number of carbonyl (C=O) groups is 1. The van der Waals surface area contributed by atoms with Crippen molar-refractivity contribution in [3.05, 3.63) is 59.4 Å². The van der Waals surface area contributed by atoms with Crippen LogP contribution in [-0.4, -0.2) is 34.9 Å². The number of benzene rings is 2. The molecule has 2 aromatic carbocycles. The topological polar surface area (TPSA) is 173 Å². The van der Waals surface area contributed by atoms with Gasteiger partial charge >= 0.3 is 0 Å². The van der Waals surface area contributed by atoms with Crippen LogP contribution in [0.15, 0.2) is 63.8 Å². The van der Waals surface area contributed by atoms with Crippen LogP contribution >= 0.6 is 11.6 Å². The summed E-state index contributed by atoms with van der Waals surface area (Å²) >= 11 is 5.79. The van der Waals surface area contributed by atoms with Gasteiger partial charge < -0.3 is 22.1 Å². The number of nitrogens with two attached hydrogens (primary N) is 3. The number of azo groups is 1. The molecule has 1 heterocycles. The van der Waals surface area contributed by atoms with Crippen molar-refractivity contribution in [3.8, 4) is 0 Å². The number of rotatable bonds is 7. The third-order valence-corrected chi connectivity index (χ3v) is 5.00. The molecule has 0 bridgehead atoms. The van der Waals surface area contributed by atoms with Crippen molar-refractivity contribution in [2.24, 2.45) is 21.0 Å². The van der Waals surface area contributed by atoms with E-state index >= 15 is 0 Å². The fourth-order valence-corrected chi connectivity index (χ4v) is 3.11. The monoisotopic (exact) mass is 480 g/mol. The van der Waals surface area contributed by atoms with Crippen LogP contribution < -0.4 is 27.4 Å². The number of nitrogen functional groups attached to an aromatic ring is 2. The van der Waals surface area contributed by atoms with E-state index in [9.17, 15) is 4.79 Å². The zero-order chi connectivity index (χ0) is 24.7. The van der Waals surface area contributed by atoms with Crippen molar-refractivity contribution in [2.45, 2.75) is 13.8 Å². The van der Waals surface area contributed by atoms with Crippen LogP contribution in [0.1, 0.15) is 24.3 Å². The molecule has 3 aromatic rings. The molecule has 1 amide bonds. The Balaban J connectivity index is 1.63. The highest BCUT2D eigenvalue weighted by atomic mass is 35.5. The Morgan fingerprint density at radius 1 is 0.912 bits per heavy atom. The van der Waals surface area contributed by atoms with Gasteiger partial charge in [0, 0.05) is 18.8 Å². The second-order valence-electron chi connectivity index (χ2n) is 6.99. The molecule has 0 atom stereocenters. The number of hydrogen-bond acceptors (Lipinski definition) is 9. The first-order valence-electron chi connectivity index (χ1n) is 10.4. The van der Waals surface area contributed by atoms with E-state index in [1.54, 1.807) is 24.3 Å². The summed E-state index contributed by atoms with van der Waals surface area (Å²) in [5.74, 6) is -1.14. The van der Waals surface area contributed by atoms with E-state index in [1.165, 1.54) is 0 Å². The molecule has 0 saturated heterocycles. The molecule has 12 heteroatoms. The van der Waals surface area contributed by atoms with Crippen molar-refractivity contribution in [1.29, 1.82) is 0 Å². The Labute approximate surface area is 201 Å². The van der Waals surface area contributed by atoms with Gasteiger partial charge in [-0.05, 0) is 62.4 Å². The van der Waals surface area contributed by atoms with Gasteiger partial charge in [-0.3, -0.25) is 10.1 Å². The van der Waals surface area contributed by atoms with E-state index in [0.29, 0.717) is 11.4 Å². The number of hydrogen-bond donors (Lipinski definition) is 4. The second kappa shape index (κ2) is 11.1. The lowest BCUT2D eigenvalue weighted by Gasteiger charge is -2.20. The average Bonchev–Trinajstić information content (AvgIpc) is 2.82. The normalized spacial score (nSPS) is 11.6. The summed E-state index contributed by atoms with van der Waals surface area (Å²) in [6.07, 6.45) is 0. The number of aliphatic imine (C=N–C) groups is 1. The van der Waals surface area contributed by atoms with Gasteiger partial charge in [-0.25, -0.2) is 15.0 Å². The molecule has 0 unspecified atom stereocenters. The zero-order valence-corrected chi connectivity index (χ0v) is 19.5. The smallest absolute Gasteiger partial charge is 0.280 e. The van der Waals surface area contributed by atoms with Gasteiger partial charge in [0.1, 0.15) is 0 Å². The molecule has 0 aliphatic carbocycles. The summed E-state index contributed by atoms with van der Waals surface area (Å²) in [5, 5.41) is 10.7. The molecule has 176 valence electrons. The van der Waals surface area contributed by atoms with Gasteiger partial charge in [0.25, 0.3) is 5.91 Å². The predicted molar refractivity (Wildman–Crippen MR) is 135 cm³/mol. The Morgan fingerprint density at radius 3 is 2.00 bits per heavy atom. The van der Waals surface area contributed by atoms with Crippen LogP contribution in [-0.2, 0) is 0 Å². The third kappa shape index (κ3) is 6.17. The summed E-state index contributed by atoms with van der Waals surface area (Å²) in [7, 11) is 0. The fraction of sp³-hybridized carbons (Fsp3) is 0.182. The van der Waals surface area contributed by atoms with E-state index < -0.39 is 5.91 Å². The Kier molecular flexibility index (Phi) is 7.93. The largest absolute Gasteiger partial charge is 0.382 e. The molecule has 34 heavy (non-hydrogen) atoms. The van der Waals surface area contributed by atoms with Crippen LogP contribution in [0.2, 0.25) is 5.15 Å². The molecule has 1 aromatic heterocycles. The molecule has 0 aliphatic rings. The van der Waals surface area contributed by atoms with Gasteiger partial charge in [-0.1, -0.05) is 11.6 Å². The molecule has 0 saturated carbocycles. The van der Waals surface area contributed by atoms with Crippen LogP contribution in [0.25, 0.3) is 0 Å². The highest BCUT2D eigenvalue weighted by molar-refractivity contribution is 6.31. The molecule has 0 fully saturated rings. The number of carbonyl (C=O) groups excluding carboxylic acids is 1. The van der Waals surface area contributed by atoms with Crippen LogP contribution in [0.5, 0.6) is 0 Å². The minimum Gasteiger partial charge on any atom is -0.382 e. The summed E-state index contributed by atoms with van der Waals surface area (Å²) in [6.45, 7) is 6.12. The quantitative estimate of drug-likeness (QED) is 0.225. The highest BCUT2D eigenvalue weighted by Gasteiger charge is 2.16. The Hall–Kier alpha value is -4.25. The van der Waals surface area contributed by atoms with Crippen molar-refractivity contribution in [1.82, 2.24) is 15.3 Å². The minimum absolute atomic E-state index is 0.0776. The standard InChI is InChI=1S/C22H25ClN10O/c1-3-33(4-2)16-11-9-15(10-12-16)32-31-14-7-5-13(6-8-14)27-22(26)30-21(34)17-19(24)29-20(25)18(23)28-17/h5-12H,3-4H2,1-2H3,(H4,24,25,29)(H3,26,27,30,34). The van der Waals surface area contributed by atoms with Gasteiger partial charge in [0.05, 0.1) is 17.1 Å². The molecule has 7 N–H and O–H groups in total. The minimum atomic E-state index is -0.717. The number of anilines is 3. The van der Waals surface area contributed by atoms with Crippen LogP contribution in [0, 0.1) is 0 Å². The molecule has 0 spiro atoms. The lowest BCUT2D eigenvalue weighted by molar-refractivity contribution is 0.0972. The maximum atomic E-state index is 12.3. The number of halogens is 1. The molecule has 3 rings (SSSR count). The number of nitrogens with one attached hydrogen (secondary N) is 1. The third-order valence-electron chi connectivity index (χ3n) is 4.72. The maximum absolute atomic E-state index is 12.3. The Bertz CT molecular complexity index is 1210. The lowest BCUT2D eigenvalue weighted by Crippen LogP contribution is -2.37. The molecule has 0 aliphatic heterocycles. The number of amides is 1. The summed E-state index contributed by atoms with van der Waals surface area (Å²) in [5.41, 5.74) is 19.8. The van der Waals surface area contributed by atoms with Gasteiger partial charge in [0.15, 0.2) is 22.5 Å². The molecule has 0 radical (unpaired) electrons.